The van der Waals surface area contributed by atoms with Crippen LogP contribution in [0.3, 0.4) is 0 Å². The largest absolute Gasteiger partial charge is 0.594 e. The van der Waals surface area contributed by atoms with Crippen molar-refractivity contribution in [3.05, 3.63) is 53.7 Å². The fourth-order valence-corrected chi connectivity index (χ4v) is 1.83. The highest BCUT2D eigenvalue weighted by molar-refractivity contribution is 5.78. The maximum absolute atomic E-state index is 11.5. The summed E-state index contributed by atoms with van der Waals surface area (Å²) in [6.45, 7) is 0. The number of nitrogens with zero attached hydrogens (tertiary/aromatic N) is 3. The molecule has 0 aliphatic carbocycles. The summed E-state index contributed by atoms with van der Waals surface area (Å²) < 4.78 is 0. The van der Waals surface area contributed by atoms with Gasteiger partial charge in [0.25, 0.3) is 11.5 Å². The van der Waals surface area contributed by atoms with Gasteiger partial charge < -0.3 is 16.3 Å². The number of para-hydroxylation sites is 1. The van der Waals surface area contributed by atoms with Gasteiger partial charge in [-0.3, -0.25) is 0 Å². The minimum Gasteiger partial charge on any atom is -0.594 e. The first kappa shape index (κ1) is 11.2. The number of rotatable bonds is 2. The van der Waals surface area contributed by atoms with Crippen molar-refractivity contribution in [1.82, 2.24) is 10.1 Å². The zero-order chi connectivity index (χ0) is 13.2. The third-order valence-corrected chi connectivity index (χ3v) is 2.67. The van der Waals surface area contributed by atoms with Gasteiger partial charge in [0.05, 0.1) is 5.10 Å². The topological polar surface area (TPSA) is 90.8 Å². The smallest absolute Gasteiger partial charge is 0.288 e. The number of hydrogen-bond acceptors (Lipinski definition) is 5. The molecule has 94 valence electrons. The van der Waals surface area contributed by atoms with Gasteiger partial charge in [-0.05, 0) is 29.1 Å². The molecular weight excluding hydrogens is 242 g/mol. The minimum absolute atomic E-state index is 0.0423. The standard InChI is InChI=1S/C13H11N5O/c14-13-16-11-8-10(6-7-12(11)18(19)17-13)15-9-4-2-1-3-5-9/h1-8,15H,(H2,14,16,17). The molecule has 0 unspecified atom stereocenters. The number of aromatic nitrogens is 3. The van der Waals surface area contributed by atoms with E-state index in [2.05, 4.69) is 15.4 Å². The molecule has 3 rings (SSSR count). The van der Waals surface area contributed by atoms with E-state index in [1.807, 2.05) is 30.3 Å². The maximum atomic E-state index is 11.5. The van der Waals surface area contributed by atoms with Crippen LogP contribution in [0.15, 0.2) is 48.5 Å². The highest BCUT2D eigenvalue weighted by Gasteiger charge is 2.09. The number of hydrogen-bond donors (Lipinski definition) is 2. The molecule has 1 aromatic heterocycles. The van der Waals surface area contributed by atoms with Crippen LogP contribution in [-0.4, -0.2) is 10.1 Å². The quantitative estimate of drug-likeness (QED) is 0.534. The average Bonchev–Trinajstić information content (AvgIpc) is 2.39. The predicted molar refractivity (Wildman–Crippen MR) is 72.6 cm³/mol. The summed E-state index contributed by atoms with van der Waals surface area (Å²) in [6.07, 6.45) is 0. The first-order valence-electron chi connectivity index (χ1n) is 5.71. The van der Waals surface area contributed by atoms with E-state index >= 15 is 0 Å². The number of anilines is 3. The van der Waals surface area contributed by atoms with E-state index in [1.165, 1.54) is 0 Å². The van der Waals surface area contributed by atoms with Crippen LogP contribution in [0.25, 0.3) is 11.0 Å². The summed E-state index contributed by atoms with van der Waals surface area (Å²) >= 11 is 0. The van der Waals surface area contributed by atoms with Crippen molar-refractivity contribution in [3.63, 3.8) is 0 Å². The Balaban J connectivity index is 2.02. The molecule has 0 saturated carbocycles. The van der Waals surface area contributed by atoms with Crippen LogP contribution in [0.2, 0.25) is 0 Å². The molecule has 0 aliphatic rings. The molecule has 6 nitrogen and oxygen atoms in total. The van der Waals surface area contributed by atoms with Crippen LogP contribution in [0, 0.1) is 5.21 Å². The molecule has 0 bridgehead atoms. The van der Waals surface area contributed by atoms with Crippen molar-refractivity contribution in [3.8, 4) is 0 Å². The molecule has 0 atom stereocenters. The second-order valence-electron chi connectivity index (χ2n) is 4.04. The van der Waals surface area contributed by atoms with Gasteiger partial charge in [0.1, 0.15) is 5.52 Å². The number of benzene rings is 2. The van der Waals surface area contributed by atoms with E-state index in [-0.39, 0.29) is 5.95 Å². The van der Waals surface area contributed by atoms with Crippen molar-refractivity contribution in [2.24, 2.45) is 0 Å². The molecule has 19 heavy (non-hydrogen) atoms. The molecule has 1 heterocycles. The highest BCUT2D eigenvalue weighted by atomic mass is 16.5. The van der Waals surface area contributed by atoms with Crippen molar-refractivity contribution < 1.29 is 4.85 Å². The number of fused-ring (bicyclic) bond motifs is 1. The lowest BCUT2D eigenvalue weighted by Crippen LogP contribution is -2.33. The summed E-state index contributed by atoms with van der Waals surface area (Å²) in [5.74, 6) is -0.0423. The summed E-state index contributed by atoms with van der Waals surface area (Å²) in [6, 6.07) is 14.9. The Labute approximate surface area is 109 Å². The Hall–Kier alpha value is -2.89. The second-order valence-corrected chi connectivity index (χ2v) is 4.04. The van der Waals surface area contributed by atoms with Crippen LogP contribution >= 0.6 is 0 Å². The van der Waals surface area contributed by atoms with Gasteiger partial charge in [-0.1, -0.05) is 18.2 Å². The van der Waals surface area contributed by atoms with E-state index in [0.29, 0.717) is 15.9 Å². The predicted octanol–water partition coefficient (Wildman–Crippen LogP) is 1.59. The van der Waals surface area contributed by atoms with Gasteiger partial charge in [-0.25, -0.2) is 4.98 Å². The number of nitrogen functional groups attached to an aromatic ring is 1. The maximum Gasteiger partial charge on any atom is 0.288 e. The monoisotopic (exact) mass is 253 g/mol. The van der Waals surface area contributed by atoms with Crippen molar-refractivity contribution in [2.45, 2.75) is 0 Å². The molecule has 0 amide bonds. The normalized spacial score (nSPS) is 10.5. The molecule has 3 N–H and O–H groups in total. The zero-order valence-electron chi connectivity index (χ0n) is 9.95. The van der Waals surface area contributed by atoms with E-state index in [4.69, 9.17) is 5.73 Å². The fraction of sp³-hybridized carbons (Fsp3) is 0. The van der Waals surface area contributed by atoms with Crippen LogP contribution in [0.4, 0.5) is 17.3 Å². The zero-order valence-corrected chi connectivity index (χ0v) is 9.95. The van der Waals surface area contributed by atoms with Gasteiger partial charge in [-0.2, -0.15) is 0 Å². The highest BCUT2D eigenvalue weighted by Crippen LogP contribution is 2.19. The Kier molecular flexibility index (Phi) is 2.60. The van der Waals surface area contributed by atoms with E-state index in [9.17, 15) is 5.21 Å². The average molecular weight is 253 g/mol. The Morgan fingerprint density at radius 1 is 1.05 bits per heavy atom. The van der Waals surface area contributed by atoms with Gasteiger partial charge in [0.2, 0.25) is 0 Å². The van der Waals surface area contributed by atoms with Crippen LogP contribution < -0.4 is 15.9 Å². The van der Waals surface area contributed by atoms with Crippen molar-refractivity contribution in [1.29, 1.82) is 0 Å². The van der Waals surface area contributed by atoms with E-state index < -0.39 is 0 Å². The molecule has 3 aromatic rings. The third kappa shape index (κ3) is 2.23. The fourth-order valence-electron chi connectivity index (χ4n) is 1.83. The number of nitrogens with one attached hydrogen (secondary N) is 1. The summed E-state index contributed by atoms with van der Waals surface area (Å²) in [5.41, 5.74) is 8.14. The third-order valence-electron chi connectivity index (χ3n) is 2.67. The minimum atomic E-state index is -0.0423. The van der Waals surface area contributed by atoms with Gasteiger partial charge in [-0.15, -0.1) is 0 Å². The molecule has 6 heteroatoms. The van der Waals surface area contributed by atoms with E-state index in [0.717, 1.165) is 11.4 Å². The van der Waals surface area contributed by atoms with Crippen LogP contribution in [0.5, 0.6) is 0 Å². The second kappa shape index (κ2) is 4.41. The van der Waals surface area contributed by atoms with E-state index in [1.54, 1.807) is 18.2 Å². The van der Waals surface area contributed by atoms with Crippen LogP contribution in [-0.2, 0) is 0 Å². The Morgan fingerprint density at radius 2 is 1.84 bits per heavy atom. The molecule has 0 saturated heterocycles. The Bertz CT molecular complexity index is 730. The van der Waals surface area contributed by atoms with Gasteiger partial charge >= 0.3 is 0 Å². The summed E-state index contributed by atoms with van der Waals surface area (Å²) in [4.78, 5) is 4.52. The van der Waals surface area contributed by atoms with Gasteiger partial charge in [0.15, 0.2) is 0 Å². The summed E-state index contributed by atoms with van der Waals surface area (Å²) in [5, 5.41) is 18.3. The number of nitrogens with two attached hydrogens (primary N) is 1. The SMILES string of the molecule is Nc1nc2cc(Nc3ccccc3)ccc2[n+]([O-])n1. The molecule has 0 spiro atoms. The molecule has 2 aromatic carbocycles. The molecule has 0 aliphatic heterocycles. The lowest BCUT2D eigenvalue weighted by atomic mass is 10.2. The molecule has 0 fully saturated rings. The summed E-state index contributed by atoms with van der Waals surface area (Å²) in [7, 11) is 0. The molecular formula is C13H11N5O. The Morgan fingerprint density at radius 3 is 2.63 bits per heavy atom. The molecule has 0 radical (unpaired) electrons. The van der Waals surface area contributed by atoms with Gasteiger partial charge in [0, 0.05) is 17.4 Å². The lowest BCUT2D eigenvalue weighted by Gasteiger charge is -2.06. The van der Waals surface area contributed by atoms with Crippen LogP contribution in [0.1, 0.15) is 0 Å². The first-order chi connectivity index (χ1) is 9.22. The lowest BCUT2D eigenvalue weighted by molar-refractivity contribution is -0.641. The first-order valence-corrected chi connectivity index (χ1v) is 5.71. The van der Waals surface area contributed by atoms with Crippen molar-refractivity contribution in [2.75, 3.05) is 11.1 Å². The van der Waals surface area contributed by atoms with Crippen molar-refractivity contribution >= 4 is 28.4 Å².